The molecule has 2 aromatic rings. The lowest BCUT2D eigenvalue weighted by molar-refractivity contribution is 0.677. The number of nitrogens with one attached hydrogen (secondary N) is 1. The van der Waals surface area contributed by atoms with Crippen LogP contribution in [0.25, 0.3) is 0 Å². The monoisotopic (exact) mass is 293 g/mol. The molecule has 0 bridgehead atoms. The predicted octanol–water partition coefficient (Wildman–Crippen LogP) is 2.72. The summed E-state index contributed by atoms with van der Waals surface area (Å²) < 4.78 is 3.09. The molecule has 1 aromatic carbocycles. The van der Waals surface area contributed by atoms with Crippen LogP contribution in [0.5, 0.6) is 0 Å². The van der Waals surface area contributed by atoms with Gasteiger partial charge in [0.05, 0.1) is 12.2 Å². The average molecular weight is 294 g/mol. The number of aromatic nitrogens is 2. The fourth-order valence-electron chi connectivity index (χ4n) is 1.76. The molecule has 0 saturated heterocycles. The predicted molar refractivity (Wildman–Crippen MR) is 73.0 cm³/mol. The fourth-order valence-corrected chi connectivity index (χ4v) is 2.31. The van der Waals surface area contributed by atoms with Gasteiger partial charge in [-0.05, 0) is 37.2 Å². The van der Waals surface area contributed by atoms with E-state index in [2.05, 4.69) is 44.5 Å². The lowest BCUT2D eigenvalue weighted by Crippen LogP contribution is -2.06. The van der Waals surface area contributed by atoms with Crippen molar-refractivity contribution in [2.75, 3.05) is 7.05 Å². The van der Waals surface area contributed by atoms with Crippen LogP contribution in [-0.2, 0) is 13.1 Å². The van der Waals surface area contributed by atoms with Gasteiger partial charge in [0.2, 0.25) is 0 Å². The molecule has 0 aliphatic rings. The van der Waals surface area contributed by atoms with Gasteiger partial charge in [-0.25, -0.2) is 0 Å². The van der Waals surface area contributed by atoms with Crippen LogP contribution >= 0.6 is 15.9 Å². The SMILES string of the molecule is CNCc1ccc(Cn2ccc(C)n2)c(Br)c1. The molecule has 3 nitrogen and oxygen atoms in total. The summed E-state index contributed by atoms with van der Waals surface area (Å²) in [6.45, 7) is 3.69. The van der Waals surface area contributed by atoms with Crippen molar-refractivity contribution in [3.05, 3.63) is 51.8 Å². The van der Waals surface area contributed by atoms with Gasteiger partial charge in [-0.15, -0.1) is 0 Å². The molecule has 0 spiro atoms. The molecule has 0 amide bonds. The van der Waals surface area contributed by atoms with Crippen molar-refractivity contribution in [1.82, 2.24) is 15.1 Å². The maximum Gasteiger partial charge on any atom is 0.0670 e. The summed E-state index contributed by atoms with van der Waals surface area (Å²) in [6.07, 6.45) is 2.00. The van der Waals surface area contributed by atoms with Crippen molar-refractivity contribution < 1.29 is 0 Å². The van der Waals surface area contributed by atoms with Crippen LogP contribution in [-0.4, -0.2) is 16.8 Å². The number of nitrogens with zero attached hydrogens (tertiary/aromatic N) is 2. The van der Waals surface area contributed by atoms with E-state index in [-0.39, 0.29) is 0 Å². The van der Waals surface area contributed by atoms with E-state index in [9.17, 15) is 0 Å². The second-order valence-corrected chi connectivity index (χ2v) is 4.97. The van der Waals surface area contributed by atoms with Gasteiger partial charge < -0.3 is 5.32 Å². The molecule has 0 atom stereocenters. The highest BCUT2D eigenvalue weighted by Gasteiger charge is 2.03. The van der Waals surface area contributed by atoms with Gasteiger partial charge in [0.1, 0.15) is 0 Å². The smallest absolute Gasteiger partial charge is 0.0670 e. The van der Waals surface area contributed by atoms with Gasteiger partial charge in [-0.1, -0.05) is 28.1 Å². The maximum atomic E-state index is 4.39. The van der Waals surface area contributed by atoms with E-state index in [1.165, 1.54) is 11.1 Å². The third kappa shape index (κ3) is 3.17. The molecule has 2 rings (SSSR count). The number of hydrogen-bond acceptors (Lipinski definition) is 2. The molecule has 0 unspecified atom stereocenters. The number of benzene rings is 1. The van der Waals surface area contributed by atoms with Crippen molar-refractivity contribution in [1.29, 1.82) is 0 Å². The highest BCUT2D eigenvalue weighted by Crippen LogP contribution is 2.19. The molecule has 1 aromatic heterocycles. The second kappa shape index (κ2) is 5.47. The van der Waals surface area contributed by atoms with Crippen LogP contribution in [0.1, 0.15) is 16.8 Å². The van der Waals surface area contributed by atoms with Crippen molar-refractivity contribution in [3.63, 3.8) is 0 Å². The van der Waals surface area contributed by atoms with Crippen molar-refractivity contribution in [3.8, 4) is 0 Å². The van der Waals surface area contributed by atoms with E-state index in [4.69, 9.17) is 0 Å². The first-order valence-electron chi connectivity index (χ1n) is 5.61. The van der Waals surface area contributed by atoms with Gasteiger partial charge in [-0.3, -0.25) is 4.68 Å². The molecular weight excluding hydrogens is 278 g/mol. The number of aryl methyl sites for hydroxylation is 1. The molecule has 17 heavy (non-hydrogen) atoms. The molecule has 0 aliphatic heterocycles. The van der Waals surface area contributed by atoms with Gasteiger partial charge in [0.15, 0.2) is 0 Å². The third-order valence-corrected chi connectivity index (χ3v) is 3.34. The van der Waals surface area contributed by atoms with Crippen molar-refractivity contribution in [2.24, 2.45) is 0 Å². The van der Waals surface area contributed by atoms with E-state index in [0.717, 1.165) is 23.3 Å². The van der Waals surface area contributed by atoms with E-state index in [0.29, 0.717) is 0 Å². The number of hydrogen-bond donors (Lipinski definition) is 1. The molecule has 0 fully saturated rings. The Kier molecular flexibility index (Phi) is 3.97. The summed E-state index contributed by atoms with van der Waals surface area (Å²) in [5.74, 6) is 0. The normalized spacial score (nSPS) is 10.8. The highest BCUT2D eigenvalue weighted by atomic mass is 79.9. The van der Waals surface area contributed by atoms with Crippen LogP contribution in [0.4, 0.5) is 0 Å². The van der Waals surface area contributed by atoms with Crippen LogP contribution in [0.2, 0.25) is 0 Å². The largest absolute Gasteiger partial charge is 0.316 e. The number of halogens is 1. The Hall–Kier alpha value is -1.13. The van der Waals surface area contributed by atoms with Crippen molar-refractivity contribution >= 4 is 15.9 Å². The zero-order valence-corrected chi connectivity index (χ0v) is 11.7. The van der Waals surface area contributed by atoms with Gasteiger partial charge >= 0.3 is 0 Å². The van der Waals surface area contributed by atoms with E-state index in [1.54, 1.807) is 0 Å². The summed E-state index contributed by atoms with van der Waals surface area (Å²) >= 11 is 3.61. The van der Waals surface area contributed by atoms with E-state index in [1.807, 2.05) is 30.9 Å². The first-order valence-corrected chi connectivity index (χ1v) is 6.40. The van der Waals surface area contributed by atoms with E-state index >= 15 is 0 Å². The fraction of sp³-hybridized carbons (Fsp3) is 0.308. The topological polar surface area (TPSA) is 29.9 Å². The Labute approximate surface area is 110 Å². The first kappa shape index (κ1) is 12.3. The molecule has 1 heterocycles. The Bertz CT molecular complexity index is 505. The van der Waals surface area contributed by atoms with Gasteiger partial charge in [0, 0.05) is 17.2 Å². The maximum absolute atomic E-state index is 4.39. The van der Waals surface area contributed by atoms with Gasteiger partial charge in [-0.2, -0.15) is 5.10 Å². The summed E-state index contributed by atoms with van der Waals surface area (Å²) in [7, 11) is 1.95. The highest BCUT2D eigenvalue weighted by molar-refractivity contribution is 9.10. The number of rotatable bonds is 4. The summed E-state index contributed by atoms with van der Waals surface area (Å²) in [6, 6.07) is 8.46. The summed E-state index contributed by atoms with van der Waals surface area (Å²) in [5, 5.41) is 7.53. The minimum Gasteiger partial charge on any atom is -0.316 e. The Morgan fingerprint density at radius 3 is 2.76 bits per heavy atom. The average Bonchev–Trinajstić information content (AvgIpc) is 2.69. The van der Waals surface area contributed by atoms with Crippen LogP contribution < -0.4 is 5.32 Å². The lowest BCUT2D eigenvalue weighted by atomic mass is 10.1. The molecule has 0 saturated carbocycles. The van der Waals surface area contributed by atoms with E-state index < -0.39 is 0 Å². The zero-order valence-electron chi connectivity index (χ0n) is 10.1. The minimum atomic E-state index is 0.800. The quantitative estimate of drug-likeness (QED) is 0.939. The second-order valence-electron chi connectivity index (χ2n) is 4.11. The molecule has 0 aliphatic carbocycles. The van der Waals surface area contributed by atoms with Crippen LogP contribution in [0.15, 0.2) is 34.9 Å². The molecule has 1 N–H and O–H groups in total. The standard InChI is InChI=1S/C13H16BrN3/c1-10-5-6-17(16-10)9-12-4-3-11(8-15-2)7-13(12)14/h3-7,15H,8-9H2,1-2H3. The third-order valence-electron chi connectivity index (χ3n) is 2.60. The van der Waals surface area contributed by atoms with Crippen molar-refractivity contribution in [2.45, 2.75) is 20.0 Å². The van der Waals surface area contributed by atoms with Crippen LogP contribution in [0.3, 0.4) is 0 Å². The van der Waals surface area contributed by atoms with Gasteiger partial charge in [0.25, 0.3) is 0 Å². The lowest BCUT2D eigenvalue weighted by Gasteiger charge is -2.07. The molecular formula is C13H16BrN3. The summed E-state index contributed by atoms with van der Waals surface area (Å²) in [5.41, 5.74) is 3.57. The zero-order chi connectivity index (χ0) is 12.3. The molecule has 90 valence electrons. The van der Waals surface area contributed by atoms with Crippen LogP contribution in [0, 0.1) is 6.92 Å². The Balaban J connectivity index is 2.16. The Morgan fingerprint density at radius 2 is 2.18 bits per heavy atom. The first-order chi connectivity index (χ1) is 8.19. The summed E-state index contributed by atoms with van der Waals surface area (Å²) in [4.78, 5) is 0. The molecule has 0 radical (unpaired) electrons. The molecule has 4 heteroatoms. The minimum absolute atomic E-state index is 0.800. The Morgan fingerprint density at radius 1 is 1.35 bits per heavy atom.